The summed E-state index contributed by atoms with van der Waals surface area (Å²) in [5.41, 5.74) is 1.02. The molecule has 4 nitrogen and oxygen atoms in total. The minimum absolute atomic E-state index is 0.757. The zero-order chi connectivity index (χ0) is 13.4. The number of hydrogen-bond acceptors (Lipinski definition) is 4. The molecule has 0 atom stereocenters. The highest BCUT2D eigenvalue weighted by Gasteiger charge is 2.06. The number of rotatable bonds is 8. The first-order valence-electron chi connectivity index (χ1n) is 7.05. The molecule has 0 aromatic carbocycles. The number of aromatic nitrogens is 2. The van der Waals surface area contributed by atoms with Gasteiger partial charge in [-0.2, -0.15) is 4.98 Å². The SMILES string of the molecule is CCCCCNc1nc(C)cc(N(CC)CC)n1. The van der Waals surface area contributed by atoms with E-state index in [1.54, 1.807) is 0 Å². The Morgan fingerprint density at radius 1 is 1.11 bits per heavy atom. The predicted octanol–water partition coefficient (Wildman–Crippen LogP) is 3.23. The van der Waals surface area contributed by atoms with Crippen molar-refractivity contribution in [1.82, 2.24) is 9.97 Å². The molecule has 0 aliphatic heterocycles. The Bertz CT molecular complexity index is 348. The molecule has 1 rings (SSSR count). The monoisotopic (exact) mass is 250 g/mol. The summed E-state index contributed by atoms with van der Waals surface area (Å²) in [5.74, 6) is 1.78. The van der Waals surface area contributed by atoms with Gasteiger partial charge in [0, 0.05) is 31.4 Å². The Hall–Kier alpha value is -1.32. The fraction of sp³-hybridized carbons (Fsp3) is 0.714. The molecule has 4 heteroatoms. The zero-order valence-electron chi connectivity index (χ0n) is 12.2. The number of anilines is 2. The normalized spacial score (nSPS) is 10.4. The molecule has 0 saturated carbocycles. The Balaban J connectivity index is 2.68. The molecule has 0 amide bonds. The highest BCUT2D eigenvalue weighted by atomic mass is 15.2. The van der Waals surface area contributed by atoms with Crippen molar-refractivity contribution in [2.45, 2.75) is 47.0 Å². The molecule has 0 aliphatic carbocycles. The van der Waals surface area contributed by atoms with Gasteiger partial charge in [-0.25, -0.2) is 4.98 Å². The van der Waals surface area contributed by atoms with E-state index in [2.05, 4.69) is 41.0 Å². The van der Waals surface area contributed by atoms with E-state index in [-0.39, 0.29) is 0 Å². The Morgan fingerprint density at radius 3 is 2.44 bits per heavy atom. The van der Waals surface area contributed by atoms with Gasteiger partial charge in [0.15, 0.2) is 0 Å². The van der Waals surface area contributed by atoms with E-state index in [1.165, 1.54) is 19.3 Å². The molecule has 0 unspecified atom stereocenters. The van der Waals surface area contributed by atoms with E-state index in [0.717, 1.165) is 37.1 Å². The lowest BCUT2D eigenvalue weighted by Gasteiger charge is -2.20. The van der Waals surface area contributed by atoms with E-state index < -0.39 is 0 Å². The van der Waals surface area contributed by atoms with Gasteiger partial charge < -0.3 is 10.2 Å². The molecule has 1 N–H and O–H groups in total. The van der Waals surface area contributed by atoms with Gasteiger partial charge in [-0.15, -0.1) is 0 Å². The van der Waals surface area contributed by atoms with Crippen molar-refractivity contribution in [3.8, 4) is 0 Å². The molecule has 1 heterocycles. The van der Waals surface area contributed by atoms with Crippen LogP contribution in [0.4, 0.5) is 11.8 Å². The first-order valence-corrected chi connectivity index (χ1v) is 7.05. The average Bonchev–Trinajstić information content (AvgIpc) is 2.36. The predicted molar refractivity (Wildman–Crippen MR) is 78.3 cm³/mol. The van der Waals surface area contributed by atoms with Crippen molar-refractivity contribution in [2.75, 3.05) is 29.9 Å². The van der Waals surface area contributed by atoms with Crippen LogP contribution in [0.15, 0.2) is 6.07 Å². The number of nitrogens with one attached hydrogen (secondary N) is 1. The van der Waals surface area contributed by atoms with E-state index in [9.17, 15) is 0 Å². The Kier molecular flexibility index (Phi) is 6.47. The molecule has 0 aliphatic rings. The second kappa shape index (κ2) is 7.90. The Labute approximate surface area is 111 Å². The lowest BCUT2D eigenvalue weighted by atomic mass is 10.2. The maximum absolute atomic E-state index is 4.58. The average molecular weight is 250 g/mol. The lowest BCUT2D eigenvalue weighted by Crippen LogP contribution is -2.23. The van der Waals surface area contributed by atoms with Crippen LogP contribution in [0.25, 0.3) is 0 Å². The van der Waals surface area contributed by atoms with E-state index >= 15 is 0 Å². The molecule has 1 aromatic rings. The molecule has 0 saturated heterocycles. The highest BCUT2D eigenvalue weighted by Crippen LogP contribution is 2.14. The van der Waals surface area contributed by atoms with Crippen LogP contribution in [0.1, 0.15) is 45.7 Å². The maximum Gasteiger partial charge on any atom is 0.224 e. The molecule has 0 radical (unpaired) electrons. The first kappa shape index (κ1) is 14.7. The van der Waals surface area contributed by atoms with Gasteiger partial charge in [0.25, 0.3) is 0 Å². The number of aryl methyl sites for hydroxylation is 1. The van der Waals surface area contributed by atoms with Crippen molar-refractivity contribution in [2.24, 2.45) is 0 Å². The number of unbranched alkanes of at least 4 members (excludes halogenated alkanes) is 2. The van der Waals surface area contributed by atoms with Gasteiger partial charge in [-0.1, -0.05) is 19.8 Å². The second-order valence-corrected chi connectivity index (χ2v) is 4.50. The minimum Gasteiger partial charge on any atom is -0.357 e. The molecular formula is C14H26N4. The van der Waals surface area contributed by atoms with Crippen LogP contribution in [-0.4, -0.2) is 29.6 Å². The molecular weight excluding hydrogens is 224 g/mol. The molecule has 0 spiro atoms. The van der Waals surface area contributed by atoms with Gasteiger partial charge in [0.1, 0.15) is 5.82 Å². The molecule has 102 valence electrons. The van der Waals surface area contributed by atoms with Crippen molar-refractivity contribution in [3.05, 3.63) is 11.8 Å². The van der Waals surface area contributed by atoms with Crippen LogP contribution in [0.2, 0.25) is 0 Å². The van der Waals surface area contributed by atoms with Gasteiger partial charge >= 0.3 is 0 Å². The summed E-state index contributed by atoms with van der Waals surface area (Å²) in [5, 5.41) is 3.31. The third-order valence-corrected chi connectivity index (χ3v) is 2.99. The molecule has 0 fully saturated rings. The smallest absolute Gasteiger partial charge is 0.224 e. The van der Waals surface area contributed by atoms with Crippen LogP contribution in [0.5, 0.6) is 0 Å². The third kappa shape index (κ3) is 4.51. The summed E-state index contributed by atoms with van der Waals surface area (Å²) in [7, 11) is 0. The highest BCUT2D eigenvalue weighted by molar-refractivity contribution is 5.44. The summed E-state index contributed by atoms with van der Waals surface area (Å²) < 4.78 is 0. The van der Waals surface area contributed by atoms with Crippen LogP contribution in [-0.2, 0) is 0 Å². The fourth-order valence-corrected chi connectivity index (χ4v) is 1.92. The largest absolute Gasteiger partial charge is 0.357 e. The van der Waals surface area contributed by atoms with Crippen molar-refractivity contribution < 1.29 is 0 Å². The second-order valence-electron chi connectivity index (χ2n) is 4.50. The first-order chi connectivity index (χ1) is 8.71. The molecule has 0 bridgehead atoms. The fourth-order valence-electron chi connectivity index (χ4n) is 1.92. The van der Waals surface area contributed by atoms with Gasteiger partial charge in [-0.05, 0) is 27.2 Å². The summed E-state index contributed by atoms with van der Waals surface area (Å²) in [6.45, 7) is 11.4. The maximum atomic E-state index is 4.58. The van der Waals surface area contributed by atoms with Crippen LogP contribution in [0, 0.1) is 6.92 Å². The molecule has 18 heavy (non-hydrogen) atoms. The van der Waals surface area contributed by atoms with Crippen molar-refractivity contribution in [1.29, 1.82) is 0 Å². The zero-order valence-corrected chi connectivity index (χ0v) is 12.2. The Morgan fingerprint density at radius 2 is 1.83 bits per heavy atom. The quantitative estimate of drug-likeness (QED) is 0.719. The topological polar surface area (TPSA) is 41.1 Å². The summed E-state index contributed by atoms with van der Waals surface area (Å²) in [6.07, 6.45) is 3.66. The summed E-state index contributed by atoms with van der Waals surface area (Å²) >= 11 is 0. The van der Waals surface area contributed by atoms with Gasteiger partial charge in [-0.3, -0.25) is 0 Å². The summed E-state index contributed by atoms with van der Waals surface area (Å²) in [6, 6.07) is 2.05. The van der Waals surface area contributed by atoms with E-state index in [1.807, 2.05) is 13.0 Å². The van der Waals surface area contributed by atoms with Crippen LogP contribution >= 0.6 is 0 Å². The van der Waals surface area contributed by atoms with E-state index in [0.29, 0.717) is 0 Å². The third-order valence-electron chi connectivity index (χ3n) is 2.99. The van der Waals surface area contributed by atoms with Crippen LogP contribution in [0.3, 0.4) is 0 Å². The van der Waals surface area contributed by atoms with E-state index in [4.69, 9.17) is 0 Å². The standard InChI is InChI=1S/C14H26N4/c1-5-8-9-10-15-14-16-12(4)11-13(17-14)18(6-2)7-3/h11H,5-10H2,1-4H3,(H,15,16,17). The van der Waals surface area contributed by atoms with Crippen molar-refractivity contribution in [3.63, 3.8) is 0 Å². The number of nitrogens with zero attached hydrogens (tertiary/aromatic N) is 3. The van der Waals surface area contributed by atoms with Gasteiger partial charge in [0.05, 0.1) is 0 Å². The van der Waals surface area contributed by atoms with Crippen LogP contribution < -0.4 is 10.2 Å². The van der Waals surface area contributed by atoms with Gasteiger partial charge in [0.2, 0.25) is 5.95 Å². The van der Waals surface area contributed by atoms with Crippen molar-refractivity contribution >= 4 is 11.8 Å². The number of hydrogen-bond donors (Lipinski definition) is 1. The summed E-state index contributed by atoms with van der Waals surface area (Å²) in [4.78, 5) is 11.3. The minimum atomic E-state index is 0.757. The molecule has 1 aromatic heterocycles. The lowest BCUT2D eigenvalue weighted by molar-refractivity contribution is 0.739.